The van der Waals surface area contributed by atoms with Crippen LogP contribution in [0.4, 0.5) is 0 Å². The lowest BCUT2D eigenvalue weighted by Gasteiger charge is -2.09. The van der Waals surface area contributed by atoms with Crippen LogP contribution in [0.5, 0.6) is 5.75 Å². The van der Waals surface area contributed by atoms with Crippen LogP contribution in [0.15, 0.2) is 73.1 Å². The third-order valence-electron chi connectivity index (χ3n) is 4.35. The van der Waals surface area contributed by atoms with Crippen LogP contribution in [0, 0.1) is 6.92 Å². The van der Waals surface area contributed by atoms with E-state index < -0.39 is 0 Å². The number of thiazole rings is 1. The Balaban J connectivity index is 1.38. The number of hydrogen-bond acceptors (Lipinski definition) is 6. The van der Waals surface area contributed by atoms with Crippen LogP contribution in [-0.4, -0.2) is 20.9 Å². The molecule has 0 bridgehead atoms. The topological polar surface area (TPSA) is 77.0 Å². The molecule has 7 heteroatoms. The highest BCUT2D eigenvalue weighted by molar-refractivity contribution is 7.17. The Morgan fingerprint density at radius 3 is 2.57 bits per heavy atom. The molecular weight excluding hydrogens is 396 g/mol. The minimum atomic E-state index is -0.155. The van der Waals surface area contributed by atoms with Gasteiger partial charge in [-0.1, -0.05) is 42.5 Å². The molecule has 0 unspecified atom stereocenters. The Morgan fingerprint density at radius 2 is 1.77 bits per heavy atom. The lowest BCUT2D eigenvalue weighted by Crippen LogP contribution is -2.22. The number of carbonyl (C=O) groups excluding carboxylic acids is 1. The standard InChI is InChI=1S/C23H20N4O2S/c1-16-20(30-23(27-16)21-24-11-6-12-25-21)22(28)26-14-17-7-5-8-18(13-17)15-29-19-9-3-2-4-10-19/h2-13H,14-15H2,1H3,(H,26,28). The molecule has 2 heterocycles. The Morgan fingerprint density at radius 1 is 1.00 bits per heavy atom. The van der Waals surface area contributed by atoms with Crippen LogP contribution in [-0.2, 0) is 13.2 Å². The first-order valence-corrected chi connectivity index (χ1v) is 10.3. The summed E-state index contributed by atoms with van der Waals surface area (Å²) in [6, 6.07) is 19.4. The Hall–Kier alpha value is -3.58. The van der Waals surface area contributed by atoms with E-state index in [4.69, 9.17) is 4.74 Å². The summed E-state index contributed by atoms with van der Waals surface area (Å²) in [5.41, 5.74) is 2.72. The first-order valence-electron chi connectivity index (χ1n) is 9.48. The van der Waals surface area contributed by atoms with Gasteiger partial charge in [-0.25, -0.2) is 15.0 Å². The molecule has 0 saturated carbocycles. The van der Waals surface area contributed by atoms with E-state index in [0.29, 0.717) is 34.6 Å². The lowest BCUT2D eigenvalue weighted by atomic mass is 10.1. The van der Waals surface area contributed by atoms with Gasteiger partial charge in [-0.05, 0) is 36.2 Å². The number of nitrogens with zero attached hydrogens (tertiary/aromatic N) is 3. The Kier molecular flexibility index (Phi) is 6.10. The number of hydrogen-bond donors (Lipinski definition) is 1. The average Bonchev–Trinajstić information content (AvgIpc) is 3.19. The quantitative estimate of drug-likeness (QED) is 0.483. The molecule has 0 radical (unpaired) electrons. The number of rotatable bonds is 7. The van der Waals surface area contributed by atoms with Crippen molar-refractivity contribution in [3.8, 4) is 16.6 Å². The molecule has 150 valence electrons. The van der Waals surface area contributed by atoms with Crippen LogP contribution < -0.4 is 10.1 Å². The highest BCUT2D eigenvalue weighted by atomic mass is 32.1. The molecule has 0 fully saturated rings. The Labute approximate surface area is 178 Å². The van der Waals surface area contributed by atoms with E-state index >= 15 is 0 Å². The van der Waals surface area contributed by atoms with Crippen LogP contribution in [0.1, 0.15) is 26.5 Å². The van der Waals surface area contributed by atoms with Crippen molar-refractivity contribution in [1.29, 1.82) is 0 Å². The van der Waals surface area contributed by atoms with Gasteiger partial charge >= 0.3 is 0 Å². The maximum atomic E-state index is 12.7. The number of aryl methyl sites for hydroxylation is 1. The Bertz CT molecular complexity index is 1130. The summed E-state index contributed by atoms with van der Waals surface area (Å²) in [5, 5.41) is 3.61. The van der Waals surface area contributed by atoms with Crippen molar-refractivity contribution in [3.05, 3.63) is 94.8 Å². The number of benzene rings is 2. The van der Waals surface area contributed by atoms with E-state index in [0.717, 1.165) is 16.9 Å². The number of carbonyl (C=O) groups is 1. The molecule has 6 nitrogen and oxygen atoms in total. The lowest BCUT2D eigenvalue weighted by molar-refractivity contribution is 0.0954. The smallest absolute Gasteiger partial charge is 0.263 e. The number of aromatic nitrogens is 3. The van der Waals surface area contributed by atoms with Gasteiger partial charge in [-0.2, -0.15) is 0 Å². The fourth-order valence-corrected chi connectivity index (χ4v) is 3.82. The summed E-state index contributed by atoms with van der Waals surface area (Å²) in [6.45, 7) is 2.71. The van der Waals surface area contributed by atoms with Crippen molar-refractivity contribution in [2.75, 3.05) is 0 Å². The van der Waals surface area contributed by atoms with Crippen LogP contribution in [0.2, 0.25) is 0 Å². The van der Waals surface area contributed by atoms with Crippen LogP contribution in [0.25, 0.3) is 10.8 Å². The molecule has 1 N–H and O–H groups in total. The summed E-state index contributed by atoms with van der Waals surface area (Å²) < 4.78 is 5.80. The predicted molar refractivity (Wildman–Crippen MR) is 116 cm³/mol. The minimum absolute atomic E-state index is 0.155. The minimum Gasteiger partial charge on any atom is -0.489 e. The van der Waals surface area contributed by atoms with Gasteiger partial charge in [0.05, 0.1) is 5.69 Å². The zero-order chi connectivity index (χ0) is 20.8. The van der Waals surface area contributed by atoms with Gasteiger partial charge in [-0.3, -0.25) is 4.79 Å². The first kappa shape index (κ1) is 19.7. The van der Waals surface area contributed by atoms with Crippen molar-refractivity contribution in [2.24, 2.45) is 0 Å². The maximum absolute atomic E-state index is 12.7. The second-order valence-electron chi connectivity index (χ2n) is 6.61. The summed E-state index contributed by atoms with van der Waals surface area (Å²) in [4.78, 5) is 26.1. The highest BCUT2D eigenvalue weighted by Crippen LogP contribution is 2.25. The SMILES string of the molecule is Cc1nc(-c2ncccn2)sc1C(=O)NCc1cccc(COc2ccccc2)c1. The van der Waals surface area contributed by atoms with Crippen LogP contribution in [0.3, 0.4) is 0 Å². The molecule has 30 heavy (non-hydrogen) atoms. The molecule has 0 aliphatic carbocycles. The molecule has 0 aliphatic heterocycles. The van der Waals surface area contributed by atoms with E-state index in [1.807, 2.05) is 61.5 Å². The van der Waals surface area contributed by atoms with Crippen molar-refractivity contribution in [2.45, 2.75) is 20.1 Å². The van der Waals surface area contributed by atoms with Crippen molar-refractivity contribution in [3.63, 3.8) is 0 Å². The number of para-hydroxylation sites is 1. The van der Waals surface area contributed by atoms with E-state index in [1.54, 1.807) is 18.5 Å². The fourth-order valence-electron chi connectivity index (χ4n) is 2.89. The summed E-state index contributed by atoms with van der Waals surface area (Å²) in [6.07, 6.45) is 3.32. The normalized spacial score (nSPS) is 10.6. The first-order chi connectivity index (χ1) is 14.7. The molecule has 0 spiro atoms. The molecule has 2 aromatic heterocycles. The zero-order valence-corrected chi connectivity index (χ0v) is 17.2. The zero-order valence-electron chi connectivity index (χ0n) is 16.4. The highest BCUT2D eigenvalue weighted by Gasteiger charge is 2.17. The van der Waals surface area contributed by atoms with Crippen molar-refractivity contribution >= 4 is 17.2 Å². The van der Waals surface area contributed by atoms with E-state index in [9.17, 15) is 4.79 Å². The van der Waals surface area contributed by atoms with Gasteiger partial charge in [0.1, 0.15) is 17.2 Å². The van der Waals surface area contributed by atoms with Gasteiger partial charge < -0.3 is 10.1 Å². The monoisotopic (exact) mass is 416 g/mol. The van der Waals surface area contributed by atoms with Gasteiger partial charge in [0.2, 0.25) is 0 Å². The maximum Gasteiger partial charge on any atom is 0.263 e. The van der Waals surface area contributed by atoms with Gasteiger partial charge in [0, 0.05) is 18.9 Å². The third-order valence-corrected chi connectivity index (χ3v) is 5.51. The fraction of sp³-hybridized carbons (Fsp3) is 0.130. The number of ether oxygens (including phenoxy) is 1. The molecule has 4 aromatic rings. The van der Waals surface area contributed by atoms with Gasteiger partial charge in [0.15, 0.2) is 10.8 Å². The average molecular weight is 417 g/mol. The number of amides is 1. The van der Waals surface area contributed by atoms with Crippen molar-refractivity contribution < 1.29 is 9.53 Å². The second kappa shape index (κ2) is 9.28. The van der Waals surface area contributed by atoms with Crippen LogP contribution >= 0.6 is 11.3 Å². The summed E-state index contributed by atoms with van der Waals surface area (Å²) >= 11 is 1.30. The molecular formula is C23H20N4O2S. The van der Waals surface area contributed by atoms with E-state index in [1.165, 1.54) is 11.3 Å². The third kappa shape index (κ3) is 4.87. The molecule has 0 atom stereocenters. The van der Waals surface area contributed by atoms with E-state index in [2.05, 4.69) is 20.3 Å². The molecule has 1 amide bonds. The molecule has 0 aliphatic rings. The van der Waals surface area contributed by atoms with Crippen molar-refractivity contribution in [1.82, 2.24) is 20.3 Å². The predicted octanol–water partition coefficient (Wildman–Crippen LogP) is 4.42. The molecule has 4 rings (SSSR count). The molecule has 2 aromatic carbocycles. The van der Waals surface area contributed by atoms with E-state index in [-0.39, 0.29) is 5.91 Å². The number of nitrogens with one attached hydrogen (secondary N) is 1. The van der Waals surface area contributed by atoms with Gasteiger partial charge in [-0.15, -0.1) is 11.3 Å². The summed E-state index contributed by atoms with van der Waals surface area (Å²) in [7, 11) is 0. The largest absolute Gasteiger partial charge is 0.489 e. The molecule has 0 saturated heterocycles. The van der Waals surface area contributed by atoms with Gasteiger partial charge in [0.25, 0.3) is 5.91 Å². The summed E-state index contributed by atoms with van der Waals surface area (Å²) in [5.74, 6) is 1.20. The second-order valence-corrected chi connectivity index (χ2v) is 7.61.